The Morgan fingerprint density at radius 1 is 1.41 bits per heavy atom. The summed E-state index contributed by atoms with van der Waals surface area (Å²) in [4.78, 5) is 58.0. The van der Waals surface area contributed by atoms with E-state index in [-0.39, 0.29) is 64.0 Å². The Labute approximate surface area is 212 Å². The molecular formula is C17H18N5NaO7S2. The molecule has 1 aromatic rings. The number of nitrogens with zero attached hydrogens (tertiary/aromatic N) is 3. The van der Waals surface area contributed by atoms with E-state index < -0.39 is 40.4 Å². The van der Waals surface area contributed by atoms with Crippen LogP contribution in [0, 0.1) is 0 Å². The molecule has 0 aromatic carbocycles. The predicted octanol–water partition coefficient (Wildman–Crippen LogP) is -4.56. The molecule has 3 atom stereocenters. The fourth-order valence-electron chi connectivity index (χ4n) is 3.11. The summed E-state index contributed by atoms with van der Waals surface area (Å²) < 4.78 is 4.92. The number of ether oxygens (including phenoxy) is 1. The van der Waals surface area contributed by atoms with E-state index in [9.17, 15) is 24.3 Å². The number of esters is 1. The maximum absolute atomic E-state index is 12.7. The molecule has 0 saturated carbocycles. The van der Waals surface area contributed by atoms with Crippen LogP contribution in [-0.4, -0.2) is 69.7 Å². The number of carbonyl (C=O) groups is 4. The Kier molecular flexibility index (Phi) is 8.70. The number of β-lactam (4-membered cyclic amide) rings is 1. The van der Waals surface area contributed by atoms with E-state index in [1.165, 1.54) is 31.2 Å². The van der Waals surface area contributed by atoms with E-state index in [4.69, 9.17) is 15.3 Å². The van der Waals surface area contributed by atoms with Gasteiger partial charge in [-0.15, -0.1) is 23.1 Å². The van der Waals surface area contributed by atoms with E-state index in [1.54, 1.807) is 6.92 Å². The van der Waals surface area contributed by atoms with Crippen molar-refractivity contribution in [1.82, 2.24) is 15.2 Å². The Hall–Kier alpha value is -2.13. The molecule has 0 spiro atoms. The number of aliphatic carboxylic acids is 1. The third kappa shape index (κ3) is 5.09. The molecule has 1 unspecified atom stereocenters. The van der Waals surface area contributed by atoms with Crippen molar-refractivity contribution in [1.29, 1.82) is 0 Å². The zero-order valence-electron chi connectivity index (χ0n) is 17.6. The first kappa shape index (κ1) is 26.1. The van der Waals surface area contributed by atoms with Crippen LogP contribution in [0.2, 0.25) is 0 Å². The Balaban J connectivity index is 0.00000363. The number of rotatable bonds is 7. The number of carboxylic acid groups (broad SMARTS) is 1. The van der Waals surface area contributed by atoms with Crippen molar-refractivity contribution in [3.05, 3.63) is 22.3 Å². The number of nitrogens with one attached hydrogen (secondary N) is 1. The number of fused-ring (bicyclic) bond motifs is 1. The van der Waals surface area contributed by atoms with Gasteiger partial charge in [0.25, 0.3) is 11.8 Å². The number of nitrogen functional groups attached to an aromatic ring is 1. The van der Waals surface area contributed by atoms with Crippen LogP contribution in [0.4, 0.5) is 5.13 Å². The number of hydrogen-bond donors (Lipinski definition) is 2. The fraction of sp³-hybridized carbons (Fsp3) is 0.412. The van der Waals surface area contributed by atoms with Crippen LogP contribution in [0.1, 0.15) is 19.5 Å². The zero-order valence-corrected chi connectivity index (χ0v) is 21.2. The first-order valence-electron chi connectivity index (χ1n) is 8.85. The number of hydrogen-bond acceptors (Lipinski definition) is 12. The Bertz CT molecular complexity index is 1010. The number of amides is 2. The summed E-state index contributed by atoms with van der Waals surface area (Å²) in [6.07, 6.45) is 0. The normalized spacial score (nSPS) is 22.3. The van der Waals surface area contributed by atoms with Gasteiger partial charge in [-0.2, -0.15) is 0 Å². The average Bonchev–Trinajstić information content (AvgIpc) is 3.13. The van der Waals surface area contributed by atoms with Gasteiger partial charge in [0.05, 0.1) is 11.7 Å². The molecule has 2 amide bonds. The molecule has 3 rings (SSSR count). The van der Waals surface area contributed by atoms with Gasteiger partial charge < -0.3 is 30.5 Å². The predicted molar refractivity (Wildman–Crippen MR) is 108 cm³/mol. The first-order valence-corrected chi connectivity index (χ1v) is 10.7. The Morgan fingerprint density at radius 3 is 2.62 bits per heavy atom. The average molecular weight is 491 g/mol. The van der Waals surface area contributed by atoms with E-state index in [1.807, 2.05) is 0 Å². The largest absolute Gasteiger partial charge is 1.00 e. The van der Waals surface area contributed by atoms with Crippen molar-refractivity contribution < 1.29 is 63.4 Å². The van der Waals surface area contributed by atoms with Crippen LogP contribution in [0.3, 0.4) is 0 Å². The SMILES string of the molecule is CO/N=C(\C(=O)NC1C(=O)N2C(C(=O)[O-])=C(COC(C)=O)[C@H](C)S[C@@H]12)c1csc(N)n1.[Na+]. The van der Waals surface area contributed by atoms with E-state index >= 15 is 0 Å². The third-order valence-electron chi connectivity index (χ3n) is 4.50. The summed E-state index contributed by atoms with van der Waals surface area (Å²) >= 11 is 2.34. The second kappa shape index (κ2) is 10.7. The number of carboxylic acids is 1. The number of oxime groups is 1. The molecule has 15 heteroatoms. The topological polar surface area (TPSA) is 176 Å². The third-order valence-corrected chi connectivity index (χ3v) is 6.62. The van der Waals surface area contributed by atoms with Crippen molar-refractivity contribution in [3.63, 3.8) is 0 Å². The molecule has 0 aliphatic carbocycles. The van der Waals surface area contributed by atoms with Crippen LogP contribution in [0.15, 0.2) is 21.8 Å². The van der Waals surface area contributed by atoms with Gasteiger partial charge in [-0.25, -0.2) is 4.98 Å². The molecule has 166 valence electrons. The van der Waals surface area contributed by atoms with Crippen molar-refractivity contribution in [2.24, 2.45) is 5.16 Å². The van der Waals surface area contributed by atoms with Gasteiger partial charge in [-0.1, -0.05) is 5.16 Å². The number of thioether (sulfide) groups is 1. The molecule has 2 aliphatic rings. The quantitative estimate of drug-likeness (QED) is 0.124. The van der Waals surface area contributed by atoms with Crippen LogP contribution < -0.4 is 45.7 Å². The number of carbonyl (C=O) groups excluding carboxylic acids is 4. The first-order chi connectivity index (χ1) is 14.6. The molecule has 3 heterocycles. The smallest absolute Gasteiger partial charge is 0.543 e. The Morgan fingerprint density at radius 2 is 2.09 bits per heavy atom. The van der Waals surface area contributed by atoms with E-state index in [0.29, 0.717) is 0 Å². The second-order valence-electron chi connectivity index (χ2n) is 6.46. The summed E-state index contributed by atoms with van der Waals surface area (Å²) in [6.45, 7) is 2.62. The molecule has 1 fully saturated rings. The molecule has 12 nitrogen and oxygen atoms in total. The van der Waals surface area contributed by atoms with Crippen molar-refractivity contribution >= 4 is 57.7 Å². The van der Waals surface area contributed by atoms with Gasteiger partial charge in [-0.3, -0.25) is 19.3 Å². The van der Waals surface area contributed by atoms with Gasteiger partial charge >= 0.3 is 35.5 Å². The summed E-state index contributed by atoms with van der Waals surface area (Å²) in [5.41, 5.74) is 5.48. The standard InChI is InChI=1S/C17H19N5O7S2.Na/c1-6-8(4-29-7(2)23)12(16(26)27)22-14(25)11(15(22)31-6)20-13(24)10(21-28-3)9-5-30-17(18)19-9;/h5-6,11,15H,4H2,1-3H3,(H2,18,19)(H,20,24)(H,26,27);/q;+1/p-1/b21-10-;/t6-,11?,15-;/m0./s1. The summed E-state index contributed by atoms with van der Waals surface area (Å²) in [5.74, 6) is -3.54. The van der Waals surface area contributed by atoms with Crippen LogP contribution >= 0.6 is 23.1 Å². The van der Waals surface area contributed by atoms with Gasteiger partial charge in [0, 0.05) is 23.1 Å². The molecule has 3 N–H and O–H groups in total. The zero-order chi connectivity index (χ0) is 22.9. The molecule has 0 radical (unpaired) electrons. The maximum atomic E-state index is 12.7. The second-order valence-corrected chi connectivity index (χ2v) is 8.82. The molecule has 0 bridgehead atoms. The number of nitrogens with two attached hydrogens (primary N) is 1. The monoisotopic (exact) mass is 491 g/mol. The van der Waals surface area contributed by atoms with Crippen LogP contribution in [0.5, 0.6) is 0 Å². The van der Waals surface area contributed by atoms with Gasteiger partial charge in [0.2, 0.25) is 0 Å². The van der Waals surface area contributed by atoms with Gasteiger partial charge in [0.1, 0.15) is 30.8 Å². The number of anilines is 1. The number of thiazole rings is 1. The van der Waals surface area contributed by atoms with Gasteiger partial charge in [0.15, 0.2) is 10.8 Å². The minimum absolute atomic E-state index is 0. The molecular weight excluding hydrogens is 473 g/mol. The van der Waals surface area contributed by atoms with Gasteiger partial charge in [-0.05, 0) is 6.92 Å². The molecule has 1 aromatic heterocycles. The van der Waals surface area contributed by atoms with E-state index in [2.05, 4.69) is 15.5 Å². The molecule has 2 aliphatic heterocycles. The van der Waals surface area contributed by atoms with Crippen LogP contribution in [-0.2, 0) is 28.8 Å². The van der Waals surface area contributed by atoms with Crippen LogP contribution in [0.25, 0.3) is 0 Å². The molecule has 1 saturated heterocycles. The summed E-state index contributed by atoms with van der Waals surface area (Å²) in [7, 11) is 1.25. The minimum Gasteiger partial charge on any atom is -0.543 e. The summed E-state index contributed by atoms with van der Waals surface area (Å²) in [5, 5.41) is 18.6. The molecule has 32 heavy (non-hydrogen) atoms. The fourth-order valence-corrected chi connectivity index (χ4v) is 5.09. The summed E-state index contributed by atoms with van der Waals surface area (Å²) in [6, 6.07) is -1.01. The minimum atomic E-state index is -1.57. The van der Waals surface area contributed by atoms with Crippen molar-refractivity contribution in [3.8, 4) is 0 Å². The van der Waals surface area contributed by atoms with Crippen molar-refractivity contribution in [2.75, 3.05) is 19.5 Å². The van der Waals surface area contributed by atoms with E-state index in [0.717, 1.165) is 16.2 Å². The number of aromatic nitrogens is 1. The van der Waals surface area contributed by atoms with Crippen molar-refractivity contribution in [2.45, 2.75) is 30.5 Å². The maximum Gasteiger partial charge on any atom is 1.00 e.